The van der Waals surface area contributed by atoms with Crippen molar-refractivity contribution in [2.75, 3.05) is 58.0 Å². The van der Waals surface area contributed by atoms with Gasteiger partial charge in [0.25, 0.3) is 35.5 Å². The maximum atomic E-state index is 13.8. The molecular formula is C68H73F12N9O15S3. The molecule has 0 bridgehead atoms. The Balaban J connectivity index is 0.000000142. The number of ether oxygens (including phenoxy) is 3. The highest BCUT2D eigenvalue weighted by molar-refractivity contribution is 7.91. The number of hydrogen-bond acceptors (Lipinski definition) is 21. The summed E-state index contributed by atoms with van der Waals surface area (Å²) in [6.45, 7) is 6.74. The number of likely N-dealkylation sites (tertiary alicyclic amines) is 3. The molecule has 3 aromatic carbocycles. The van der Waals surface area contributed by atoms with Crippen molar-refractivity contribution in [1.82, 2.24) is 45.3 Å². The van der Waals surface area contributed by atoms with E-state index in [2.05, 4.69) is 30.6 Å². The number of halogens is 12. The van der Waals surface area contributed by atoms with Crippen molar-refractivity contribution in [1.29, 1.82) is 0 Å². The third-order valence-electron chi connectivity index (χ3n) is 22.1. The van der Waals surface area contributed by atoms with E-state index in [1.54, 1.807) is 4.90 Å². The van der Waals surface area contributed by atoms with Gasteiger partial charge in [-0.05, 0) is 151 Å². The van der Waals surface area contributed by atoms with Crippen LogP contribution in [0.4, 0.5) is 52.7 Å². The highest BCUT2D eigenvalue weighted by Gasteiger charge is 2.72. The van der Waals surface area contributed by atoms with Crippen molar-refractivity contribution in [3.8, 4) is 17.2 Å². The second kappa shape index (κ2) is 25.5. The summed E-state index contributed by atoms with van der Waals surface area (Å²) < 4.78 is 269. The summed E-state index contributed by atoms with van der Waals surface area (Å²) in [5.41, 5.74) is -6.73. The maximum Gasteiger partial charge on any atom is 0.403 e. The van der Waals surface area contributed by atoms with Crippen molar-refractivity contribution in [3.63, 3.8) is 0 Å². The number of carbonyl (C=O) groups excluding carboxylic acids is 3. The first-order chi connectivity index (χ1) is 49.3. The van der Waals surface area contributed by atoms with Crippen LogP contribution in [-0.4, -0.2) is 195 Å². The minimum absolute atomic E-state index is 0.0268. The van der Waals surface area contributed by atoms with Gasteiger partial charge < -0.3 is 42.2 Å². The Hall–Kier alpha value is -8.10. The molecule has 6 aromatic rings. The molecule has 6 saturated carbocycles. The molecule has 3 amide bonds. The van der Waals surface area contributed by atoms with E-state index in [1.807, 2.05) is 0 Å². The zero-order chi connectivity index (χ0) is 78.1. The summed E-state index contributed by atoms with van der Waals surface area (Å²) in [5, 5.41) is 23.5. The van der Waals surface area contributed by atoms with Crippen LogP contribution >= 0.6 is 0 Å². The number of alkyl halides is 12. The standard InChI is InChI=1S/2C23H24F5N3O5S.C22H25F2N3O5S/c2*1-12(20(2,24)25)35-16-5-4-14(37(3,33)34)8-15(16)17(32)31-10-13-9-21(13,11-31)18-29-30-19(36-18)22(6-7-22)23(26,27)28;1-12(21(2,23)24)31-17-7-6-15(33(3,29)30)8-16(17)19(28)27-10-14-9-22(14,11-27)20-26-25-18(32-20)13-4-5-13/h2*4-5,8,12-13H,6-7,9-11H2,1-3H3;6-8,12-14H,4-5,9-11H2,1-3H3/t2*12-,13?,21?;12-,14?,22?/m100/s1. The Morgan fingerprint density at radius 2 is 0.710 bits per heavy atom. The van der Waals surface area contributed by atoms with Crippen LogP contribution < -0.4 is 14.2 Å². The molecule has 107 heavy (non-hydrogen) atoms. The summed E-state index contributed by atoms with van der Waals surface area (Å²) in [5.74, 6) is -11.4. The summed E-state index contributed by atoms with van der Waals surface area (Å²) in [6, 6.07) is 10.5. The molecule has 24 nitrogen and oxygen atoms in total. The van der Waals surface area contributed by atoms with Crippen LogP contribution in [0.3, 0.4) is 0 Å². The summed E-state index contributed by atoms with van der Waals surface area (Å²) in [6.07, 6.45) is -7.40. The second-order valence-electron chi connectivity index (χ2n) is 30.4. The summed E-state index contributed by atoms with van der Waals surface area (Å²) >= 11 is 0. The van der Waals surface area contributed by atoms with E-state index in [4.69, 9.17) is 27.5 Å². The van der Waals surface area contributed by atoms with Crippen molar-refractivity contribution in [2.24, 2.45) is 17.8 Å². The Bertz CT molecular complexity index is 4700. The number of piperidine rings is 3. The molecule has 9 atom stereocenters. The van der Waals surface area contributed by atoms with Crippen LogP contribution in [-0.2, 0) is 56.6 Å². The lowest BCUT2D eigenvalue weighted by atomic mass is 10.1. The topological polar surface area (TPSA) is 308 Å². The van der Waals surface area contributed by atoms with E-state index < -0.39 is 135 Å². The third kappa shape index (κ3) is 14.5. The first kappa shape index (κ1) is 77.1. The van der Waals surface area contributed by atoms with Gasteiger partial charge in [0.05, 0.1) is 47.6 Å². The van der Waals surface area contributed by atoms with E-state index in [0.29, 0.717) is 57.5 Å². The zero-order valence-electron chi connectivity index (χ0n) is 58.8. The van der Waals surface area contributed by atoms with Crippen LogP contribution in [0.25, 0.3) is 0 Å². The van der Waals surface area contributed by atoms with Gasteiger partial charge in [0.2, 0.25) is 35.3 Å². The van der Waals surface area contributed by atoms with Crippen LogP contribution in [0.15, 0.2) is 82.5 Å². The molecule has 9 fully saturated rings. The molecular weight excluding hydrogens is 1510 g/mol. The fourth-order valence-electron chi connectivity index (χ4n) is 14.0. The van der Waals surface area contributed by atoms with Crippen molar-refractivity contribution >= 4 is 47.2 Å². The molecule has 582 valence electrons. The number of aromatic nitrogens is 6. The van der Waals surface area contributed by atoms with Crippen LogP contribution in [0.5, 0.6) is 17.2 Å². The molecule has 39 heteroatoms. The van der Waals surface area contributed by atoms with E-state index in [0.717, 1.165) is 83.1 Å². The SMILES string of the molecule is C[C@@H](Oc1ccc(S(C)(=O)=O)cc1C(=O)N1CC2CC2(c2nnc(C3(C(F)(F)F)CC3)o2)C1)C(C)(F)F.C[C@H](Oc1ccc(S(C)(=O)=O)cc1C(=O)N1CC2CC2(c2nnc(C3(C(F)(F)F)CC3)o2)C1)C(C)(F)F.C[C@H](Oc1ccc(S(C)(=O)=O)cc1C(=O)N1CC2CC2(c2nnc(C3CC3)o2)C1)C(C)(F)F. The number of sulfone groups is 3. The largest absolute Gasteiger partial charge is 0.484 e. The quantitative estimate of drug-likeness (QED) is 0.0604. The number of carbonyl (C=O) groups is 3. The number of fused-ring (bicyclic) bond motifs is 3. The minimum Gasteiger partial charge on any atom is -0.484 e. The lowest BCUT2D eigenvalue weighted by Gasteiger charge is -2.25. The van der Waals surface area contributed by atoms with Crippen LogP contribution in [0, 0.1) is 17.8 Å². The third-order valence-corrected chi connectivity index (χ3v) is 25.4. The normalized spacial score (nSPS) is 25.5. The van der Waals surface area contributed by atoms with E-state index in [9.17, 15) is 92.3 Å². The molecule has 3 aliphatic heterocycles. The fourth-order valence-corrected chi connectivity index (χ4v) is 15.9. The van der Waals surface area contributed by atoms with Gasteiger partial charge in [-0.3, -0.25) is 14.4 Å². The van der Waals surface area contributed by atoms with Gasteiger partial charge in [0, 0.05) is 84.7 Å². The molecule has 15 rings (SSSR count). The first-order valence-corrected chi connectivity index (χ1v) is 39.7. The van der Waals surface area contributed by atoms with Crippen LogP contribution in [0.2, 0.25) is 0 Å². The zero-order valence-corrected chi connectivity index (χ0v) is 61.2. The predicted octanol–water partition coefficient (Wildman–Crippen LogP) is 11.0. The van der Waals surface area contributed by atoms with Gasteiger partial charge in [-0.25, -0.2) is 51.6 Å². The molecule has 6 aliphatic carbocycles. The highest BCUT2D eigenvalue weighted by atomic mass is 32.2. The van der Waals surface area contributed by atoms with Crippen molar-refractivity contribution < 1.29 is 120 Å². The summed E-state index contributed by atoms with van der Waals surface area (Å²) in [4.78, 5) is 44.2. The molecule has 9 aliphatic rings. The summed E-state index contributed by atoms with van der Waals surface area (Å²) in [7, 11) is -11.1. The van der Waals surface area contributed by atoms with Crippen molar-refractivity contribution in [2.45, 2.75) is 195 Å². The van der Waals surface area contributed by atoms with Crippen LogP contribution in [0.1, 0.15) is 172 Å². The molecule has 3 saturated heterocycles. The van der Waals surface area contributed by atoms with E-state index in [-0.39, 0.29) is 130 Å². The fraction of sp³-hybridized carbons (Fsp3) is 0.603. The Morgan fingerprint density at radius 3 is 0.963 bits per heavy atom. The molecule has 0 spiro atoms. The molecule has 6 heterocycles. The Morgan fingerprint density at radius 1 is 0.439 bits per heavy atom. The Labute approximate surface area is 604 Å². The van der Waals surface area contributed by atoms with Gasteiger partial charge in [0.1, 0.15) is 28.1 Å². The number of rotatable bonds is 21. The lowest BCUT2D eigenvalue weighted by molar-refractivity contribution is -0.166. The number of benzene rings is 3. The lowest BCUT2D eigenvalue weighted by Crippen LogP contribution is -2.35. The van der Waals surface area contributed by atoms with Gasteiger partial charge in [0.15, 0.2) is 47.8 Å². The van der Waals surface area contributed by atoms with Gasteiger partial charge >= 0.3 is 12.4 Å². The molecule has 6 unspecified atom stereocenters. The molecule has 0 N–H and O–H groups in total. The van der Waals surface area contributed by atoms with Gasteiger partial charge in [-0.2, -0.15) is 26.3 Å². The average Bonchev–Trinajstić information content (AvgIpc) is 1.54. The van der Waals surface area contributed by atoms with Gasteiger partial charge in [-0.1, -0.05) is 0 Å². The number of amides is 3. The second-order valence-corrected chi connectivity index (χ2v) is 36.4. The minimum atomic E-state index is -4.51. The smallest absolute Gasteiger partial charge is 0.403 e. The first-order valence-electron chi connectivity index (χ1n) is 34.0. The molecule has 3 aromatic heterocycles. The number of nitrogens with zero attached hydrogens (tertiary/aromatic N) is 9. The van der Waals surface area contributed by atoms with Gasteiger partial charge in [-0.15, -0.1) is 30.6 Å². The average molecular weight is 1580 g/mol. The highest BCUT2D eigenvalue weighted by Crippen LogP contribution is 2.65. The Kier molecular flexibility index (Phi) is 18.4. The van der Waals surface area contributed by atoms with Crippen molar-refractivity contribution in [3.05, 3.63) is 107 Å². The molecule has 0 radical (unpaired) electrons. The monoisotopic (exact) mass is 1580 g/mol. The predicted molar refractivity (Wildman–Crippen MR) is 347 cm³/mol. The number of hydrogen-bond donors (Lipinski definition) is 0. The van der Waals surface area contributed by atoms with E-state index >= 15 is 0 Å². The van der Waals surface area contributed by atoms with E-state index in [1.165, 1.54) is 47.1 Å². The maximum absolute atomic E-state index is 13.8.